The summed E-state index contributed by atoms with van der Waals surface area (Å²) in [5.41, 5.74) is 0. The second kappa shape index (κ2) is 7.70. The molecule has 2 rings (SSSR count). The van der Waals surface area contributed by atoms with Gasteiger partial charge in [-0.3, -0.25) is 0 Å². The molecule has 0 radical (unpaired) electrons. The molecule has 0 aliphatic carbocycles. The van der Waals surface area contributed by atoms with Gasteiger partial charge in [-0.15, -0.1) is 22.7 Å². The highest BCUT2D eigenvalue weighted by Crippen LogP contribution is 2.33. The van der Waals surface area contributed by atoms with Crippen molar-refractivity contribution in [1.82, 2.24) is 5.32 Å². The molecule has 2 heterocycles. The van der Waals surface area contributed by atoms with E-state index in [2.05, 4.69) is 42.1 Å². The number of thiophene rings is 2. The minimum atomic E-state index is 0.273. The van der Waals surface area contributed by atoms with Crippen molar-refractivity contribution in [2.45, 2.75) is 25.4 Å². The van der Waals surface area contributed by atoms with Crippen LogP contribution in [0, 0.1) is 0 Å². The predicted octanol–water partition coefficient (Wildman–Crippen LogP) is 5.28. The Morgan fingerprint density at radius 2 is 2.16 bits per heavy atom. The van der Waals surface area contributed by atoms with Gasteiger partial charge in [0.2, 0.25) is 0 Å². The summed E-state index contributed by atoms with van der Waals surface area (Å²) in [5.74, 6) is 1.14. The molecule has 0 saturated carbocycles. The Morgan fingerprint density at radius 1 is 1.32 bits per heavy atom. The van der Waals surface area contributed by atoms with E-state index in [0.29, 0.717) is 6.04 Å². The summed E-state index contributed by atoms with van der Waals surface area (Å²) < 4.78 is 0.858. The summed E-state index contributed by atoms with van der Waals surface area (Å²) >= 11 is 11.4. The Balaban J connectivity index is 2.20. The third-order valence-electron chi connectivity index (χ3n) is 2.97. The fourth-order valence-electron chi connectivity index (χ4n) is 1.96. The molecule has 1 nitrogen and oxygen atoms in total. The number of hydrogen-bond donors (Lipinski definition) is 1. The van der Waals surface area contributed by atoms with Crippen LogP contribution in [-0.4, -0.2) is 18.1 Å². The Labute approximate surface area is 132 Å². The zero-order chi connectivity index (χ0) is 13.7. The number of rotatable bonds is 7. The van der Waals surface area contributed by atoms with Gasteiger partial charge in [-0.05, 0) is 36.3 Å². The van der Waals surface area contributed by atoms with Gasteiger partial charge in [0, 0.05) is 21.5 Å². The molecule has 104 valence electrons. The number of thioether (sulfide) groups is 1. The van der Waals surface area contributed by atoms with E-state index in [0.717, 1.165) is 16.5 Å². The first-order valence-corrected chi connectivity index (χ1v) is 9.75. The van der Waals surface area contributed by atoms with Crippen LogP contribution in [0.5, 0.6) is 0 Å². The van der Waals surface area contributed by atoms with Crippen molar-refractivity contribution >= 4 is 46.0 Å². The van der Waals surface area contributed by atoms with E-state index in [1.165, 1.54) is 9.75 Å². The molecule has 19 heavy (non-hydrogen) atoms. The second-order valence-electron chi connectivity index (χ2n) is 4.32. The van der Waals surface area contributed by atoms with Crippen LogP contribution < -0.4 is 5.32 Å². The Morgan fingerprint density at radius 3 is 2.68 bits per heavy atom. The van der Waals surface area contributed by atoms with Crippen LogP contribution in [0.1, 0.15) is 29.1 Å². The van der Waals surface area contributed by atoms with Crippen LogP contribution in [0.4, 0.5) is 0 Å². The lowest BCUT2D eigenvalue weighted by atomic mass is 10.1. The summed E-state index contributed by atoms with van der Waals surface area (Å²) in [6, 6.07) is 9.23. The van der Waals surface area contributed by atoms with Crippen molar-refractivity contribution in [2.75, 3.05) is 12.0 Å². The normalized spacial score (nSPS) is 14.5. The first-order valence-electron chi connectivity index (χ1n) is 6.28. The van der Waals surface area contributed by atoms with Gasteiger partial charge in [0.05, 0.1) is 10.4 Å². The highest BCUT2D eigenvalue weighted by Gasteiger charge is 2.20. The molecular formula is C14H18ClNS3. The van der Waals surface area contributed by atoms with E-state index in [4.69, 9.17) is 11.6 Å². The minimum absolute atomic E-state index is 0.273. The van der Waals surface area contributed by atoms with E-state index in [9.17, 15) is 0 Å². The molecule has 0 spiro atoms. The third kappa shape index (κ3) is 4.23. The SMILES string of the molecule is CCC(CSC)NC(c1cccs1)c1ccc(Cl)s1. The van der Waals surface area contributed by atoms with E-state index in [-0.39, 0.29) is 6.04 Å². The second-order valence-corrected chi connectivity index (χ2v) is 7.95. The smallest absolute Gasteiger partial charge is 0.0931 e. The molecule has 0 aromatic carbocycles. The fourth-order valence-corrected chi connectivity index (χ4v) is 4.72. The Hall–Kier alpha value is -0.0000000000000000278. The van der Waals surface area contributed by atoms with Crippen molar-refractivity contribution in [3.05, 3.63) is 43.7 Å². The van der Waals surface area contributed by atoms with Gasteiger partial charge in [-0.1, -0.05) is 24.6 Å². The fraction of sp³-hybridized carbons (Fsp3) is 0.429. The molecule has 0 bridgehead atoms. The summed E-state index contributed by atoms with van der Waals surface area (Å²) in [4.78, 5) is 2.66. The topological polar surface area (TPSA) is 12.0 Å². The lowest BCUT2D eigenvalue weighted by Crippen LogP contribution is -2.34. The lowest BCUT2D eigenvalue weighted by molar-refractivity contribution is 0.502. The number of halogens is 1. The first-order chi connectivity index (χ1) is 9.24. The molecule has 2 aromatic heterocycles. The predicted molar refractivity (Wildman–Crippen MR) is 91.1 cm³/mol. The van der Waals surface area contributed by atoms with Crippen LogP contribution in [-0.2, 0) is 0 Å². The van der Waals surface area contributed by atoms with Gasteiger partial charge >= 0.3 is 0 Å². The maximum absolute atomic E-state index is 6.09. The van der Waals surface area contributed by atoms with Gasteiger partial charge in [0.1, 0.15) is 0 Å². The molecule has 2 unspecified atom stereocenters. The summed E-state index contributed by atoms with van der Waals surface area (Å²) in [5, 5.41) is 5.91. The van der Waals surface area contributed by atoms with Gasteiger partial charge in [-0.2, -0.15) is 11.8 Å². The van der Waals surface area contributed by atoms with Crippen LogP contribution in [0.15, 0.2) is 29.6 Å². The van der Waals surface area contributed by atoms with E-state index >= 15 is 0 Å². The highest BCUT2D eigenvalue weighted by atomic mass is 35.5. The Kier molecular flexibility index (Phi) is 6.23. The van der Waals surface area contributed by atoms with Gasteiger partial charge in [-0.25, -0.2) is 0 Å². The van der Waals surface area contributed by atoms with E-state index < -0.39 is 0 Å². The minimum Gasteiger partial charge on any atom is -0.301 e. The summed E-state index contributed by atoms with van der Waals surface area (Å²) in [6.45, 7) is 2.24. The zero-order valence-corrected chi connectivity index (χ0v) is 14.3. The molecule has 0 saturated heterocycles. The monoisotopic (exact) mass is 331 g/mol. The molecule has 0 fully saturated rings. The quantitative estimate of drug-likeness (QED) is 0.740. The summed E-state index contributed by atoms with van der Waals surface area (Å²) in [6.07, 6.45) is 3.30. The van der Waals surface area contributed by atoms with E-state index in [1.807, 2.05) is 17.8 Å². The molecule has 5 heteroatoms. The molecule has 1 N–H and O–H groups in total. The largest absolute Gasteiger partial charge is 0.301 e. The molecule has 2 atom stereocenters. The van der Waals surface area contributed by atoms with Gasteiger partial charge in [0.15, 0.2) is 0 Å². The van der Waals surface area contributed by atoms with Crippen molar-refractivity contribution < 1.29 is 0 Å². The van der Waals surface area contributed by atoms with Crippen molar-refractivity contribution in [2.24, 2.45) is 0 Å². The van der Waals surface area contributed by atoms with Crippen LogP contribution >= 0.6 is 46.0 Å². The lowest BCUT2D eigenvalue weighted by Gasteiger charge is -2.23. The van der Waals surface area contributed by atoms with Crippen LogP contribution in [0.2, 0.25) is 4.34 Å². The molecule has 2 aromatic rings. The van der Waals surface area contributed by atoms with Gasteiger partial charge in [0.25, 0.3) is 0 Å². The van der Waals surface area contributed by atoms with Crippen molar-refractivity contribution in [3.63, 3.8) is 0 Å². The highest BCUT2D eigenvalue weighted by molar-refractivity contribution is 7.98. The summed E-state index contributed by atoms with van der Waals surface area (Å²) in [7, 11) is 0. The maximum atomic E-state index is 6.09. The number of nitrogens with one attached hydrogen (secondary N) is 1. The van der Waals surface area contributed by atoms with E-state index in [1.54, 1.807) is 22.7 Å². The zero-order valence-electron chi connectivity index (χ0n) is 11.1. The van der Waals surface area contributed by atoms with Gasteiger partial charge < -0.3 is 5.32 Å². The number of hydrogen-bond acceptors (Lipinski definition) is 4. The average molecular weight is 332 g/mol. The molecular weight excluding hydrogens is 314 g/mol. The average Bonchev–Trinajstić information content (AvgIpc) is 3.06. The Bertz CT molecular complexity index is 481. The third-order valence-corrected chi connectivity index (χ3v) is 5.94. The molecule has 0 aliphatic heterocycles. The maximum Gasteiger partial charge on any atom is 0.0931 e. The standard InChI is InChI=1S/C14H18ClNS3/c1-3-10(9-17-2)16-14(11-5-4-8-18-11)12-6-7-13(15)19-12/h4-8,10,14,16H,3,9H2,1-2H3. The molecule has 0 aliphatic rings. The van der Waals surface area contributed by atoms with Crippen LogP contribution in [0.3, 0.4) is 0 Å². The van der Waals surface area contributed by atoms with Crippen LogP contribution in [0.25, 0.3) is 0 Å². The first kappa shape index (κ1) is 15.4. The molecule has 0 amide bonds. The van der Waals surface area contributed by atoms with Crippen molar-refractivity contribution in [3.8, 4) is 0 Å². The van der Waals surface area contributed by atoms with Crippen molar-refractivity contribution in [1.29, 1.82) is 0 Å².